The smallest absolute Gasteiger partial charge is 0.297 e. The molecular weight excluding hydrogens is 436 g/mol. The van der Waals surface area contributed by atoms with Crippen molar-refractivity contribution in [3.05, 3.63) is 64.2 Å². The number of anilines is 1. The molecule has 0 bridgehead atoms. The van der Waals surface area contributed by atoms with E-state index in [0.717, 1.165) is 50.0 Å². The third kappa shape index (κ3) is 3.59. The highest BCUT2D eigenvalue weighted by molar-refractivity contribution is 6.05. The Morgan fingerprint density at radius 1 is 0.914 bits per heavy atom. The second-order valence-electron chi connectivity index (χ2n) is 11.1. The maximum Gasteiger partial charge on any atom is 0.297 e. The van der Waals surface area contributed by atoms with Crippen LogP contribution in [0.5, 0.6) is 5.88 Å². The highest BCUT2D eigenvalue weighted by Gasteiger charge is 2.33. The van der Waals surface area contributed by atoms with Crippen molar-refractivity contribution in [1.82, 2.24) is 4.57 Å². The molecule has 0 aliphatic carbocycles. The number of rotatable bonds is 2. The number of aromatic nitrogens is 1. The van der Waals surface area contributed by atoms with E-state index in [1.54, 1.807) is 0 Å². The molecule has 5 rings (SSSR count). The number of aryl methyl sites for hydroxylation is 2. The molecular formula is C29H32N4O2. The Balaban J connectivity index is 1.65. The summed E-state index contributed by atoms with van der Waals surface area (Å²) in [6.45, 7) is 16.4. The molecule has 0 fully saturated rings. The van der Waals surface area contributed by atoms with Crippen LogP contribution >= 0.6 is 0 Å². The lowest BCUT2D eigenvalue weighted by Gasteiger charge is -2.32. The van der Waals surface area contributed by atoms with Crippen LogP contribution in [-0.2, 0) is 5.54 Å². The summed E-state index contributed by atoms with van der Waals surface area (Å²) in [7, 11) is 0. The van der Waals surface area contributed by atoms with E-state index in [2.05, 4.69) is 67.5 Å². The monoisotopic (exact) mass is 468 g/mol. The van der Waals surface area contributed by atoms with Gasteiger partial charge in [0.25, 0.3) is 5.91 Å². The molecule has 35 heavy (non-hydrogen) atoms. The maximum atomic E-state index is 13.4. The van der Waals surface area contributed by atoms with E-state index in [1.807, 2.05) is 44.4 Å². The number of aromatic hydroxyl groups is 1. The zero-order valence-corrected chi connectivity index (χ0v) is 21.7. The fourth-order valence-corrected chi connectivity index (χ4v) is 5.69. The Morgan fingerprint density at radius 3 is 2.26 bits per heavy atom. The molecule has 3 heterocycles. The summed E-state index contributed by atoms with van der Waals surface area (Å²) >= 11 is 0. The number of benzene rings is 2. The third-order valence-corrected chi connectivity index (χ3v) is 6.93. The molecule has 1 aromatic heterocycles. The molecule has 2 aromatic carbocycles. The fourth-order valence-electron chi connectivity index (χ4n) is 5.69. The van der Waals surface area contributed by atoms with Gasteiger partial charge in [-0.1, -0.05) is 12.2 Å². The SMILES string of the molecule is CC1=CC(C)(C)Nc2c(C(=O)N=Nc3c(O)n4c5c(cc(C)cc35)C(C)=CC4(C)C)cc(C)cc21. The summed E-state index contributed by atoms with van der Waals surface area (Å²) in [5.41, 5.74) is 8.11. The number of azo groups is 1. The number of amides is 1. The van der Waals surface area contributed by atoms with Crippen molar-refractivity contribution in [1.29, 1.82) is 0 Å². The zero-order valence-electron chi connectivity index (χ0n) is 21.7. The van der Waals surface area contributed by atoms with Gasteiger partial charge in [0.05, 0.1) is 27.8 Å². The zero-order chi connectivity index (χ0) is 25.4. The molecule has 0 spiro atoms. The number of allylic oxidation sites excluding steroid dienone is 3. The van der Waals surface area contributed by atoms with Gasteiger partial charge in [0, 0.05) is 16.5 Å². The van der Waals surface area contributed by atoms with E-state index >= 15 is 0 Å². The first kappa shape index (κ1) is 23.1. The van der Waals surface area contributed by atoms with Crippen molar-refractivity contribution in [3.8, 4) is 5.88 Å². The number of carbonyl (C=O) groups is 1. The van der Waals surface area contributed by atoms with Gasteiger partial charge in [-0.15, -0.1) is 10.2 Å². The van der Waals surface area contributed by atoms with Crippen LogP contribution in [0.2, 0.25) is 0 Å². The van der Waals surface area contributed by atoms with Gasteiger partial charge in [0.2, 0.25) is 5.88 Å². The number of nitrogens with zero attached hydrogens (tertiary/aromatic N) is 3. The van der Waals surface area contributed by atoms with Crippen LogP contribution in [0.15, 0.2) is 46.6 Å². The average molecular weight is 469 g/mol. The van der Waals surface area contributed by atoms with Crippen molar-refractivity contribution in [2.24, 2.45) is 10.2 Å². The van der Waals surface area contributed by atoms with Crippen molar-refractivity contribution >= 4 is 39.3 Å². The number of hydrogen-bond donors (Lipinski definition) is 2. The number of hydrogen-bond acceptors (Lipinski definition) is 4. The van der Waals surface area contributed by atoms with Gasteiger partial charge in [0.1, 0.15) is 0 Å². The minimum atomic E-state index is -0.445. The lowest BCUT2D eigenvalue weighted by molar-refractivity contribution is 0.0995. The van der Waals surface area contributed by atoms with E-state index in [-0.39, 0.29) is 11.4 Å². The summed E-state index contributed by atoms with van der Waals surface area (Å²) in [4.78, 5) is 13.4. The normalized spacial score (nSPS) is 17.7. The summed E-state index contributed by atoms with van der Waals surface area (Å²) in [5, 5.41) is 24.0. The van der Waals surface area contributed by atoms with Crippen LogP contribution in [0, 0.1) is 13.8 Å². The van der Waals surface area contributed by atoms with Crippen LogP contribution in [-0.4, -0.2) is 21.1 Å². The van der Waals surface area contributed by atoms with Crippen molar-refractivity contribution in [3.63, 3.8) is 0 Å². The third-order valence-electron chi connectivity index (χ3n) is 6.93. The number of fused-ring (bicyclic) bond motifs is 1. The Hall–Kier alpha value is -3.67. The standard InChI is InChI=1S/C29H32N4O2/c1-15-9-19-17(3)13-28(5,6)30-23(19)22(12-15)26(34)32-31-24-21-11-16(2)10-20-18(4)14-29(7,8)33(25(20)21)27(24)35/h9-14,30,35H,1-8H3. The van der Waals surface area contributed by atoms with Gasteiger partial charge in [0.15, 0.2) is 5.69 Å². The maximum absolute atomic E-state index is 13.4. The number of nitrogens with one attached hydrogen (secondary N) is 1. The van der Waals surface area contributed by atoms with Gasteiger partial charge < -0.3 is 15.0 Å². The predicted octanol–water partition coefficient (Wildman–Crippen LogP) is 7.65. The van der Waals surface area contributed by atoms with Gasteiger partial charge in [-0.3, -0.25) is 4.79 Å². The molecule has 0 unspecified atom stereocenters. The highest BCUT2D eigenvalue weighted by atomic mass is 16.3. The Kier molecular flexibility index (Phi) is 4.89. The second-order valence-corrected chi connectivity index (χ2v) is 11.1. The highest BCUT2D eigenvalue weighted by Crippen LogP contribution is 2.48. The lowest BCUT2D eigenvalue weighted by Crippen LogP contribution is -2.32. The van der Waals surface area contributed by atoms with Gasteiger partial charge in [-0.05, 0) is 102 Å². The molecule has 6 heteroatoms. The molecule has 6 nitrogen and oxygen atoms in total. The van der Waals surface area contributed by atoms with Crippen molar-refractivity contribution in [2.45, 2.75) is 66.5 Å². The van der Waals surface area contributed by atoms with Crippen molar-refractivity contribution < 1.29 is 9.90 Å². The topological polar surface area (TPSA) is 79.0 Å². The van der Waals surface area contributed by atoms with Crippen LogP contribution in [0.25, 0.3) is 22.0 Å². The average Bonchev–Trinajstić information content (AvgIpc) is 3.01. The van der Waals surface area contributed by atoms with Crippen LogP contribution in [0.3, 0.4) is 0 Å². The predicted molar refractivity (Wildman–Crippen MR) is 143 cm³/mol. The molecule has 0 atom stereocenters. The summed E-state index contributed by atoms with van der Waals surface area (Å²) < 4.78 is 1.88. The van der Waals surface area contributed by atoms with Gasteiger partial charge in [-0.2, -0.15) is 0 Å². The second kappa shape index (κ2) is 7.41. The first-order valence-corrected chi connectivity index (χ1v) is 12.0. The minimum absolute atomic E-state index is 0.0152. The first-order valence-electron chi connectivity index (χ1n) is 12.0. The molecule has 1 amide bonds. The molecule has 0 saturated carbocycles. The molecule has 180 valence electrons. The molecule has 0 saturated heterocycles. The summed E-state index contributed by atoms with van der Waals surface area (Å²) in [6.07, 6.45) is 4.30. The minimum Gasteiger partial charge on any atom is -0.493 e. The molecule has 2 N–H and O–H groups in total. The summed E-state index contributed by atoms with van der Waals surface area (Å²) in [6, 6.07) is 8.04. The van der Waals surface area contributed by atoms with E-state index in [0.29, 0.717) is 11.3 Å². The van der Waals surface area contributed by atoms with E-state index in [1.165, 1.54) is 0 Å². The molecule has 2 aliphatic rings. The Labute approximate surface area is 206 Å². The Morgan fingerprint density at radius 2 is 1.54 bits per heavy atom. The van der Waals surface area contributed by atoms with E-state index < -0.39 is 11.4 Å². The lowest BCUT2D eigenvalue weighted by atomic mass is 9.88. The molecule has 3 aromatic rings. The van der Waals surface area contributed by atoms with Gasteiger partial charge >= 0.3 is 0 Å². The fraction of sp³-hybridized carbons (Fsp3) is 0.345. The number of carbonyl (C=O) groups excluding carboxylic acids is 1. The van der Waals surface area contributed by atoms with Crippen LogP contribution < -0.4 is 5.32 Å². The van der Waals surface area contributed by atoms with Crippen LogP contribution in [0.1, 0.15) is 74.2 Å². The van der Waals surface area contributed by atoms with Crippen molar-refractivity contribution in [2.75, 3.05) is 5.32 Å². The quantitative estimate of drug-likeness (QED) is 0.379. The van der Waals surface area contributed by atoms with Crippen LogP contribution in [0.4, 0.5) is 11.4 Å². The van der Waals surface area contributed by atoms with E-state index in [9.17, 15) is 9.90 Å². The largest absolute Gasteiger partial charge is 0.493 e. The molecule has 0 radical (unpaired) electrons. The van der Waals surface area contributed by atoms with E-state index in [4.69, 9.17) is 0 Å². The first-order chi connectivity index (χ1) is 16.3. The Bertz CT molecular complexity index is 1530. The summed E-state index contributed by atoms with van der Waals surface area (Å²) in [5.74, 6) is -0.430. The van der Waals surface area contributed by atoms with Gasteiger partial charge in [-0.25, -0.2) is 0 Å². The molecule has 2 aliphatic heterocycles.